The van der Waals surface area contributed by atoms with E-state index < -0.39 is 23.3 Å². The number of nitrogens with one attached hydrogen (secondary N) is 1. The fourth-order valence-electron chi connectivity index (χ4n) is 1.18. The molecule has 0 saturated carbocycles. The molecule has 0 radical (unpaired) electrons. The van der Waals surface area contributed by atoms with Crippen molar-refractivity contribution in [3.63, 3.8) is 0 Å². The van der Waals surface area contributed by atoms with Gasteiger partial charge in [0.05, 0.1) is 11.3 Å². The highest BCUT2D eigenvalue weighted by molar-refractivity contribution is 5.86. The van der Waals surface area contributed by atoms with Gasteiger partial charge < -0.3 is 4.74 Å². The number of carbonyl (C=O) groups is 1. The summed E-state index contributed by atoms with van der Waals surface area (Å²) in [7, 11) is 0. The van der Waals surface area contributed by atoms with Crippen molar-refractivity contribution in [1.82, 2.24) is 0 Å². The van der Waals surface area contributed by atoms with E-state index in [0.717, 1.165) is 12.1 Å². The molecule has 3 nitrogen and oxygen atoms in total. The van der Waals surface area contributed by atoms with Gasteiger partial charge in [-0.05, 0) is 26.8 Å². The summed E-state index contributed by atoms with van der Waals surface area (Å²) in [4.78, 5) is 11.5. The zero-order valence-electron chi connectivity index (χ0n) is 10.3. The van der Waals surface area contributed by atoms with Crippen molar-refractivity contribution in [2.75, 3.05) is 5.32 Å². The number of amides is 1. The molecule has 1 amide bonds. The molecular formula is C13H13F2NO2. The molecule has 0 atom stereocenters. The summed E-state index contributed by atoms with van der Waals surface area (Å²) in [6, 6.07) is 1.65. The molecule has 0 aromatic heterocycles. The second-order valence-corrected chi connectivity index (χ2v) is 4.58. The first-order valence-corrected chi connectivity index (χ1v) is 5.18. The molecule has 1 rings (SSSR count). The fraction of sp³-hybridized carbons (Fsp3) is 0.308. The SMILES string of the molecule is C#Cc1cc(F)c(F)cc1NC(=O)OC(C)(C)C. The van der Waals surface area contributed by atoms with E-state index in [1.165, 1.54) is 0 Å². The van der Waals surface area contributed by atoms with Gasteiger partial charge in [0, 0.05) is 6.07 Å². The molecule has 0 spiro atoms. The van der Waals surface area contributed by atoms with Crippen LogP contribution in [-0.4, -0.2) is 11.7 Å². The Labute approximate surface area is 104 Å². The molecule has 5 heteroatoms. The maximum absolute atomic E-state index is 13.0. The van der Waals surface area contributed by atoms with Gasteiger partial charge in [-0.15, -0.1) is 6.42 Å². The van der Waals surface area contributed by atoms with Crippen molar-refractivity contribution in [3.05, 3.63) is 29.3 Å². The van der Waals surface area contributed by atoms with E-state index >= 15 is 0 Å². The minimum atomic E-state index is -1.10. The smallest absolute Gasteiger partial charge is 0.412 e. The fourth-order valence-corrected chi connectivity index (χ4v) is 1.18. The number of carbonyl (C=O) groups excluding carboxylic acids is 1. The average Bonchev–Trinajstić information content (AvgIpc) is 2.20. The molecule has 0 aliphatic heterocycles. The van der Waals surface area contributed by atoms with E-state index in [-0.39, 0.29) is 11.3 Å². The van der Waals surface area contributed by atoms with Crippen LogP contribution in [0, 0.1) is 24.0 Å². The summed E-state index contributed by atoms with van der Waals surface area (Å²) < 4.78 is 31.0. The molecule has 0 unspecified atom stereocenters. The van der Waals surface area contributed by atoms with Crippen molar-refractivity contribution in [2.24, 2.45) is 0 Å². The topological polar surface area (TPSA) is 38.3 Å². The Kier molecular flexibility index (Phi) is 3.92. The Morgan fingerprint density at radius 1 is 1.33 bits per heavy atom. The van der Waals surface area contributed by atoms with Crippen LogP contribution in [0.15, 0.2) is 12.1 Å². The number of hydrogen-bond acceptors (Lipinski definition) is 2. The van der Waals surface area contributed by atoms with Gasteiger partial charge in [-0.3, -0.25) is 5.32 Å². The van der Waals surface area contributed by atoms with Crippen LogP contribution >= 0.6 is 0 Å². The highest BCUT2D eigenvalue weighted by Crippen LogP contribution is 2.20. The summed E-state index contributed by atoms with van der Waals surface area (Å²) in [5.41, 5.74) is -0.663. The van der Waals surface area contributed by atoms with E-state index in [0.29, 0.717) is 0 Å². The average molecular weight is 253 g/mol. The molecule has 1 aromatic rings. The van der Waals surface area contributed by atoms with Crippen molar-refractivity contribution in [2.45, 2.75) is 26.4 Å². The first kappa shape index (κ1) is 14.0. The number of ether oxygens (including phenoxy) is 1. The molecule has 0 heterocycles. The molecule has 0 saturated heterocycles. The van der Waals surface area contributed by atoms with E-state index in [1.807, 2.05) is 0 Å². The number of benzene rings is 1. The van der Waals surface area contributed by atoms with E-state index in [9.17, 15) is 13.6 Å². The van der Waals surface area contributed by atoms with Crippen LogP contribution in [0.3, 0.4) is 0 Å². The third-order valence-corrected chi connectivity index (χ3v) is 1.85. The summed E-state index contributed by atoms with van der Waals surface area (Å²) in [6.07, 6.45) is 4.35. The number of hydrogen-bond donors (Lipinski definition) is 1. The monoisotopic (exact) mass is 253 g/mol. The van der Waals surface area contributed by atoms with Gasteiger partial charge >= 0.3 is 6.09 Å². The summed E-state index contributed by atoms with van der Waals surface area (Å²) in [5.74, 6) is -0.0139. The standard InChI is InChI=1S/C13H13F2NO2/c1-5-8-6-9(14)10(15)7-11(8)16-12(17)18-13(2,3)4/h1,6-7H,2-4H3,(H,16,17). The van der Waals surface area contributed by atoms with Gasteiger partial charge in [0.1, 0.15) is 5.60 Å². The molecule has 18 heavy (non-hydrogen) atoms. The lowest BCUT2D eigenvalue weighted by atomic mass is 10.1. The van der Waals surface area contributed by atoms with Crippen LogP contribution in [0.25, 0.3) is 0 Å². The maximum atomic E-state index is 13.0. The van der Waals surface area contributed by atoms with Gasteiger partial charge in [0.2, 0.25) is 0 Å². The third-order valence-electron chi connectivity index (χ3n) is 1.85. The maximum Gasteiger partial charge on any atom is 0.412 e. The predicted molar refractivity (Wildman–Crippen MR) is 64.1 cm³/mol. The molecular weight excluding hydrogens is 240 g/mol. The van der Waals surface area contributed by atoms with Crippen LogP contribution in [-0.2, 0) is 4.74 Å². The molecule has 0 aliphatic rings. The van der Waals surface area contributed by atoms with E-state index in [1.54, 1.807) is 20.8 Å². The molecule has 0 aliphatic carbocycles. The Hall–Kier alpha value is -2.09. The van der Waals surface area contributed by atoms with Gasteiger partial charge in [-0.25, -0.2) is 13.6 Å². The second-order valence-electron chi connectivity index (χ2n) is 4.58. The highest BCUT2D eigenvalue weighted by atomic mass is 19.2. The van der Waals surface area contributed by atoms with Crippen molar-refractivity contribution in [3.8, 4) is 12.3 Å². The zero-order valence-corrected chi connectivity index (χ0v) is 10.3. The highest BCUT2D eigenvalue weighted by Gasteiger charge is 2.18. The summed E-state index contributed by atoms with van der Waals surface area (Å²) in [5, 5.41) is 2.28. The lowest BCUT2D eigenvalue weighted by Crippen LogP contribution is -2.27. The third kappa shape index (κ3) is 3.74. The molecule has 96 valence electrons. The van der Waals surface area contributed by atoms with E-state index in [4.69, 9.17) is 11.2 Å². The zero-order chi connectivity index (χ0) is 13.9. The number of rotatable bonds is 1. The van der Waals surface area contributed by atoms with Gasteiger partial charge in [-0.1, -0.05) is 5.92 Å². The first-order chi connectivity index (χ1) is 8.23. The van der Waals surface area contributed by atoms with Crippen LogP contribution in [0.2, 0.25) is 0 Å². The normalized spacial score (nSPS) is 10.7. The number of halogens is 2. The van der Waals surface area contributed by atoms with Gasteiger partial charge in [-0.2, -0.15) is 0 Å². The van der Waals surface area contributed by atoms with Gasteiger partial charge in [0.15, 0.2) is 11.6 Å². The quantitative estimate of drug-likeness (QED) is 0.780. The predicted octanol–water partition coefficient (Wildman–Crippen LogP) is 3.29. The lowest BCUT2D eigenvalue weighted by Gasteiger charge is -2.20. The molecule has 0 bridgehead atoms. The van der Waals surface area contributed by atoms with Crippen LogP contribution < -0.4 is 5.32 Å². The first-order valence-electron chi connectivity index (χ1n) is 5.18. The Morgan fingerprint density at radius 3 is 2.39 bits per heavy atom. The Balaban J connectivity index is 2.95. The van der Waals surface area contributed by atoms with Crippen LogP contribution in [0.5, 0.6) is 0 Å². The van der Waals surface area contributed by atoms with Crippen molar-refractivity contribution >= 4 is 11.8 Å². The van der Waals surface area contributed by atoms with Crippen molar-refractivity contribution in [1.29, 1.82) is 0 Å². The number of terminal acetylenes is 1. The van der Waals surface area contributed by atoms with Gasteiger partial charge in [0.25, 0.3) is 0 Å². The van der Waals surface area contributed by atoms with Crippen LogP contribution in [0.1, 0.15) is 26.3 Å². The molecule has 1 aromatic carbocycles. The number of anilines is 1. The molecule has 1 N–H and O–H groups in total. The lowest BCUT2D eigenvalue weighted by molar-refractivity contribution is 0.0636. The Morgan fingerprint density at radius 2 is 1.89 bits per heavy atom. The largest absolute Gasteiger partial charge is 0.444 e. The minimum absolute atomic E-state index is 0.00866. The summed E-state index contributed by atoms with van der Waals surface area (Å²) >= 11 is 0. The Bertz CT molecular complexity index is 513. The minimum Gasteiger partial charge on any atom is -0.444 e. The second kappa shape index (κ2) is 5.05. The van der Waals surface area contributed by atoms with Crippen molar-refractivity contribution < 1.29 is 18.3 Å². The molecule has 0 fully saturated rings. The summed E-state index contributed by atoms with van der Waals surface area (Å²) in [6.45, 7) is 5.04. The van der Waals surface area contributed by atoms with Crippen LogP contribution in [0.4, 0.5) is 19.3 Å². The van der Waals surface area contributed by atoms with E-state index in [2.05, 4.69) is 11.2 Å².